The molecule has 1 nitrogen and oxygen atoms in total. The maximum Gasteiger partial charge on any atom is 0.0590 e. The molecular weight excluding hydrogens is 230 g/mol. The molecule has 1 unspecified atom stereocenters. The van der Waals surface area contributed by atoms with Gasteiger partial charge in [-0.2, -0.15) is 0 Å². The first-order valence-electron chi connectivity index (χ1n) is 6.65. The normalized spacial score (nSPS) is 25.7. The van der Waals surface area contributed by atoms with Gasteiger partial charge < -0.3 is 0 Å². The highest BCUT2D eigenvalue weighted by Gasteiger charge is 1.93. The summed E-state index contributed by atoms with van der Waals surface area (Å²) >= 11 is 0. The standard InChI is InChI=1S/C18H19N/c1-16-9-5-2-3-8-12-18(14-13-16)19-15-17-10-6-4-7-11-17/h2-7,9-16H,8H2,1H3/b3-2-,9-5-,14-13?,18-12+,19-15?. The second kappa shape index (κ2) is 7.32. The molecule has 0 heterocycles. The monoisotopic (exact) mass is 249 g/mol. The van der Waals surface area contributed by atoms with Crippen LogP contribution in [0.25, 0.3) is 0 Å². The van der Waals surface area contributed by atoms with Crippen LogP contribution in [-0.2, 0) is 0 Å². The van der Waals surface area contributed by atoms with Crippen LogP contribution in [-0.4, -0.2) is 6.21 Å². The van der Waals surface area contributed by atoms with Crippen molar-refractivity contribution in [2.75, 3.05) is 0 Å². The molecule has 1 aliphatic rings. The minimum atomic E-state index is 0.429. The van der Waals surface area contributed by atoms with E-state index in [0.717, 1.165) is 17.7 Å². The lowest BCUT2D eigenvalue weighted by atomic mass is 10.1. The van der Waals surface area contributed by atoms with Gasteiger partial charge in [0.2, 0.25) is 0 Å². The number of benzene rings is 1. The molecular formula is C18H19N. The molecule has 0 saturated heterocycles. The Bertz CT molecular complexity index is 530. The molecule has 0 bridgehead atoms. The van der Waals surface area contributed by atoms with Gasteiger partial charge in [0, 0.05) is 6.21 Å². The molecule has 96 valence electrons. The molecule has 2 rings (SSSR count). The number of aliphatic imine (C=N–C) groups is 1. The molecule has 0 amide bonds. The van der Waals surface area contributed by atoms with Gasteiger partial charge in [-0.1, -0.05) is 73.7 Å². The molecule has 1 heteroatoms. The molecule has 19 heavy (non-hydrogen) atoms. The van der Waals surface area contributed by atoms with Gasteiger partial charge in [-0.3, -0.25) is 4.99 Å². The summed E-state index contributed by atoms with van der Waals surface area (Å²) in [6.45, 7) is 2.17. The highest BCUT2D eigenvalue weighted by molar-refractivity contribution is 5.80. The summed E-state index contributed by atoms with van der Waals surface area (Å²) < 4.78 is 0. The second-order valence-electron chi connectivity index (χ2n) is 4.56. The summed E-state index contributed by atoms with van der Waals surface area (Å²) in [5, 5.41) is 0. The molecule has 0 aromatic heterocycles. The van der Waals surface area contributed by atoms with E-state index in [2.05, 4.69) is 66.6 Å². The van der Waals surface area contributed by atoms with E-state index in [1.165, 1.54) is 0 Å². The Morgan fingerprint density at radius 1 is 1.11 bits per heavy atom. The average molecular weight is 249 g/mol. The number of rotatable bonds is 2. The Balaban J connectivity index is 2.13. The first-order valence-corrected chi connectivity index (χ1v) is 6.65. The summed E-state index contributed by atoms with van der Waals surface area (Å²) in [4.78, 5) is 4.55. The lowest BCUT2D eigenvalue weighted by molar-refractivity contribution is 0.937. The lowest BCUT2D eigenvalue weighted by Gasteiger charge is -2.00. The van der Waals surface area contributed by atoms with E-state index < -0.39 is 0 Å². The third-order valence-electron chi connectivity index (χ3n) is 2.86. The first kappa shape index (κ1) is 13.3. The van der Waals surface area contributed by atoms with E-state index in [1.54, 1.807) is 0 Å². The quantitative estimate of drug-likeness (QED) is 0.674. The Morgan fingerprint density at radius 3 is 2.79 bits per heavy atom. The minimum Gasteiger partial charge on any atom is -0.257 e. The van der Waals surface area contributed by atoms with Crippen LogP contribution in [0, 0.1) is 5.92 Å². The van der Waals surface area contributed by atoms with E-state index in [0.29, 0.717) is 5.92 Å². The van der Waals surface area contributed by atoms with Crippen LogP contribution in [0.1, 0.15) is 18.9 Å². The second-order valence-corrected chi connectivity index (χ2v) is 4.56. The van der Waals surface area contributed by atoms with Crippen molar-refractivity contribution in [3.05, 3.63) is 84.1 Å². The van der Waals surface area contributed by atoms with E-state index in [-0.39, 0.29) is 0 Å². The summed E-state index contributed by atoms with van der Waals surface area (Å²) in [5.41, 5.74) is 2.13. The summed E-state index contributed by atoms with van der Waals surface area (Å²) in [5.74, 6) is 0.429. The van der Waals surface area contributed by atoms with Crippen molar-refractivity contribution in [3.63, 3.8) is 0 Å². The van der Waals surface area contributed by atoms with Gasteiger partial charge in [-0.05, 0) is 24.0 Å². The third-order valence-corrected chi connectivity index (χ3v) is 2.86. The fraction of sp³-hybridized carbons (Fsp3) is 0.167. The van der Waals surface area contributed by atoms with Crippen LogP contribution < -0.4 is 0 Å². The van der Waals surface area contributed by atoms with Crippen LogP contribution >= 0.6 is 0 Å². The Kier molecular flexibility index (Phi) is 5.12. The molecule has 1 aromatic rings. The number of allylic oxidation sites excluding steroid dienone is 7. The first-order chi connectivity index (χ1) is 9.34. The molecule has 1 aromatic carbocycles. The van der Waals surface area contributed by atoms with Crippen LogP contribution in [0.5, 0.6) is 0 Å². The van der Waals surface area contributed by atoms with Gasteiger partial charge in [-0.25, -0.2) is 0 Å². The van der Waals surface area contributed by atoms with Crippen LogP contribution in [0.4, 0.5) is 0 Å². The van der Waals surface area contributed by atoms with E-state index in [9.17, 15) is 0 Å². The summed E-state index contributed by atoms with van der Waals surface area (Å²) in [6.07, 6.45) is 17.7. The topological polar surface area (TPSA) is 12.4 Å². The maximum absolute atomic E-state index is 4.55. The van der Waals surface area contributed by atoms with Gasteiger partial charge in [0.25, 0.3) is 0 Å². The van der Waals surface area contributed by atoms with Gasteiger partial charge in [0.05, 0.1) is 5.70 Å². The zero-order chi connectivity index (χ0) is 13.3. The predicted molar refractivity (Wildman–Crippen MR) is 83.3 cm³/mol. The maximum atomic E-state index is 4.55. The van der Waals surface area contributed by atoms with Crippen LogP contribution in [0.2, 0.25) is 0 Å². The Labute approximate surface area is 115 Å². The van der Waals surface area contributed by atoms with Crippen molar-refractivity contribution in [1.29, 1.82) is 0 Å². The van der Waals surface area contributed by atoms with Gasteiger partial charge >= 0.3 is 0 Å². The number of hydrogen-bond donors (Lipinski definition) is 0. The Morgan fingerprint density at radius 2 is 1.95 bits per heavy atom. The van der Waals surface area contributed by atoms with Gasteiger partial charge in [0.15, 0.2) is 0 Å². The molecule has 0 aliphatic heterocycles. The fourth-order valence-electron chi connectivity index (χ4n) is 1.75. The zero-order valence-corrected chi connectivity index (χ0v) is 11.2. The highest BCUT2D eigenvalue weighted by atomic mass is 14.7. The van der Waals surface area contributed by atoms with Crippen molar-refractivity contribution in [3.8, 4) is 0 Å². The van der Waals surface area contributed by atoms with E-state index in [4.69, 9.17) is 0 Å². The molecule has 0 radical (unpaired) electrons. The fourth-order valence-corrected chi connectivity index (χ4v) is 1.75. The van der Waals surface area contributed by atoms with E-state index in [1.807, 2.05) is 24.4 Å². The van der Waals surface area contributed by atoms with Crippen LogP contribution in [0.15, 0.2) is 83.6 Å². The third kappa shape index (κ3) is 4.92. The van der Waals surface area contributed by atoms with Crippen molar-refractivity contribution in [1.82, 2.24) is 0 Å². The minimum absolute atomic E-state index is 0.429. The smallest absolute Gasteiger partial charge is 0.0590 e. The van der Waals surface area contributed by atoms with E-state index >= 15 is 0 Å². The van der Waals surface area contributed by atoms with Crippen molar-refractivity contribution in [2.45, 2.75) is 13.3 Å². The predicted octanol–water partition coefficient (Wildman–Crippen LogP) is 4.70. The average Bonchev–Trinajstić information content (AvgIpc) is 2.46. The largest absolute Gasteiger partial charge is 0.257 e. The number of nitrogens with zero attached hydrogens (tertiary/aromatic N) is 1. The number of hydrogen-bond acceptors (Lipinski definition) is 1. The Hall–Kier alpha value is -2.15. The summed E-state index contributed by atoms with van der Waals surface area (Å²) in [6, 6.07) is 10.2. The molecule has 0 fully saturated rings. The van der Waals surface area contributed by atoms with Crippen molar-refractivity contribution >= 4 is 6.21 Å². The van der Waals surface area contributed by atoms with Crippen LogP contribution in [0.3, 0.4) is 0 Å². The van der Waals surface area contributed by atoms with Crippen molar-refractivity contribution < 1.29 is 0 Å². The van der Waals surface area contributed by atoms with Crippen molar-refractivity contribution in [2.24, 2.45) is 10.9 Å². The SMILES string of the molecule is CC1C=C/C(N=Cc2ccccc2)=C\C/C=C\C=C/1. The summed E-state index contributed by atoms with van der Waals surface area (Å²) in [7, 11) is 0. The molecule has 0 N–H and O–H groups in total. The molecule has 0 saturated carbocycles. The molecule has 1 atom stereocenters. The van der Waals surface area contributed by atoms with Gasteiger partial charge in [-0.15, -0.1) is 0 Å². The highest BCUT2D eigenvalue weighted by Crippen LogP contribution is 2.09. The van der Waals surface area contributed by atoms with Gasteiger partial charge in [0.1, 0.15) is 0 Å². The zero-order valence-electron chi connectivity index (χ0n) is 11.2. The molecule has 0 spiro atoms. The molecule has 1 aliphatic carbocycles. The lowest BCUT2D eigenvalue weighted by Crippen LogP contribution is -1.85.